The van der Waals surface area contributed by atoms with Crippen LogP contribution >= 0.6 is 24.8 Å². The summed E-state index contributed by atoms with van der Waals surface area (Å²) in [5, 5.41) is 3.43. The summed E-state index contributed by atoms with van der Waals surface area (Å²) in [7, 11) is 0. The second-order valence-corrected chi connectivity index (χ2v) is 5.24. The first-order valence-corrected chi connectivity index (χ1v) is 6.79. The smallest absolute Gasteiger partial charge is 0.0575 e. The van der Waals surface area contributed by atoms with Gasteiger partial charge in [-0.15, -0.1) is 24.8 Å². The van der Waals surface area contributed by atoms with Crippen LogP contribution in [0.3, 0.4) is 0 Å². The minimum absolute atomic E-state index is 0. The van der Waals surface area contributed by atoms with Crippen molar-refractivity contribution < 1.29 is 0 Å². The van der Waals surface area contributed by atoms with Crippen LogP contribution in [0.15, 0.2) is 24.4 Å². The van der Waals surface area contributed by atoms with Crippen LogP contribution in [-0.4, -0.2) is 36.1 Å². The Balaban J connectivity index is 0.000000902. The van der Waals surface area contributed by atoms with Crippen LogP contribution in [0.5, 0.6) is 0 Å². The molecule has 0 radical (unpaired) electrons. The molecule has 1 atom stereocenters. The third-order valence-electron chi connectivity index (χ3n) is 3.88. The fourth-order valence-corrected chi connectivity index (χ4v) is 2.69. The van der Waals surface area contributed by atoms with Gasteiger partial charge in [0.15, 0.2) is 0 Å². The van der Waals surface area contributed by atoms with Crippen molar-refractivity contribution in [2.75, 3.05) is 26.2 Å². The molecule has 1 saturated carbocycles. The molecule has 1 aromatic heterocycles. The monoisotopic (exact) mass is 303 g/mol. The van der Waals surface area contributed by atoms with Gasteiger partial charge in [-0.2, -0.15) is 0 Å². The lowest BCUT2D eigenvalue weighted by molar-refractivity contribution is 0.157. The van der Waals surface area contributed by atoms with Gasteiger partial charge >= 0.3 is 0 Å². The molecule has 0 aromatic carbocycles. The Morgan fingerprint density at radius 1 is 1.21 bits per heavy atom. The quantitative estimate of drug-likeness (QED) is 0.927. The molecule has 0 spiro atoms. The van der Waals surface area contributed by atoms with Crippen LogP contribution < -0.4 is 5.32 Å². The van der Waals surface area contributed by atoms with Crippen LogP contribution in [0.4, 0.5) is 0 Å². The maximum atomic E-state index is 4.57. The zero-order valence-electron chi connectivity index (χ0n) is 11.1. The summed E-state index contributed by atoms with van der Waals surface area (Å²) in [5.41, 5.74) is 1.27. The van der Waals surface area contributed by atoms with E-state index in [1.54, 1.807) is 0 Å². The number of nitrogens with zero attached hydrogens (tertiary/aromatic N) is 2. The molecule has 3 nitrogen and oxygen atoms in total. The minimum Gasteiger partial charge on any atom is -0.314 e. The molecule has 1 saturated heterocycles. The summed E-state index contributed by atoms with van der Waals surface area (Å²) in [4.78, 5) is 7.18. The third-order valence-corrected chi connectivity index (χ3v) is 3.88. The largest absolute Gasteiger partial charge is 0.314 e. The van der Waals surface area contributed by atoms with Gasteiger partial charge in [0.25, 0.3) is 0 Å². The predicted octanol–water partition coefficient (Wildman–Crippen LogP) is 2.67. The van der Waals surface area contributed by atoms with E-state index in [0.717, 1.165) is 32.1 Å². The summed E-state index contributed by atoms with van der Waals surface area (Å²) in [6.07, 6.45) is 6.08. The molecule has 2 fully saturated rings. The Kier molecular flexibility index (Phi) is 7.08. The Morgan fingerprint density at radius 3 is 2.53 bits per heavy atom. The van der Waals surface area contributed by atoms with Crippen molar-refractivity contribution in [1.29, 1.82) is 0 Å². The van der Waals surface area contributed by atoms with E-state index in [9.17, 15) is 0 Å². The van der Waals surface area contributed by atoms with E-state index in [4.69, 9.17) is 0 Å². The highest BCUT2D eigenvalue weighted by Crippen LogP contribution is 2.39. The fraction of sp³-hybridized carbons (Fsp3) is 0.643. The molecule has 0 unspecified atom stereocenters. The standard InChI is InChI=1S/C14H21N3.2ClH/c1-2-6-16-13(3-1)14(11-12-4-5-12)17-9-7-15-8-10-17;;/h1-3,6,12,14-15H,4-5,7-11H2;2*1H/t14-;;/m1../s1. The lowest BCUT2D eigenvalue weighted by atomic mass is 10.0. The molecule has 1 aliphatic heterocycles. The number of pyridine rings is 1. The summed E-state index contributed by atoms with van der Waals surface area (Å²) in [6, 6.07) is 6.86. The molecule has 19 heavy (non-hydrogen) atoms. The number of piperazine rings is 1. The third kappa shape index (κ3) is 4.60. The van der Waals surface area contributed by atoms with Crippen LogP contribution in [0, 0.1) is 5.92 Å². The molecular formula is C14H23Cl2N3. The van der Waals surface area contributed by atoms with Crippen molar-refractivity contribution >= 4 is 24.8 Å². The van der Waals surface area contributed by atoms with Gasteiger partial charge in [-0.05, 0) is 24.5 Å². The van der Waals surface area contributed by atoms with E-state index < -0.39 is 0 Å². The van der Waals surface area contributed by atoms with Crippen LogP contribution in [0.1, 0.15) is 31.0 Å². The highest BCUT2D eigenvalue weighted by Gasteiger charge is 2.30. The van der Waals surface area contributed by atoms with Gasteiger partial charge in [-0.3, -0.25) is 9.88 Å². The lowest BCUT2D eigenvalue weighted by Gasteiger charge is -2.34. The van der Waals surface area contributed by atoms with Crippen molar-refractivity contribution in [3.63, 3.8) is 0 Å². The first-order chi connectivity index (χ1) is 8.43. The first-order valence-electron chi connectivity index (χ1n) is 6.79. The number of halogens is 2. The van der Waals surface area contributed by atoms with Crippen molar-refractivity contribution in [3.8, 4) is 0 Å². The fourth-order valence-electron chi connectivity index (χ4n) is 2.69. The molecule has 5 heteroatoms. The van der Waals surface area contributed by atoms with E-state index in [1.807, 2.05) is 12.3 Å². The highest BCUT2D eigenvalue weighted by molar-refractivity contribution is 5.85. The Morgan fingerprint density at radius 2 is 1.95 bits per heavy atom. The maximum absolute atomic E-state index is 4.57. The van der Waals surface area contributed by atoms with Gasteiger partial charge in [-0.1, -0.05) is 18.9 Å². The number of aromatic nitrogens is 1. The minimum atomic E-state index is 0. The van der Waals surface area contributed by atoms with E-state index in [0.29, 0.717) is 6.04 Å². The topological polar surface area (TPSA) is 28.2 Å². The maximum Gasteiger partial charge on any atom is 0.0575 e. The molecule has 1 aromatic rings. The number of rotatable bonds is 4. The number of hydrogen-bond acceptors (Lipinski definition) is 3. The summed E-state index contributed by atoms with van der Waals surface area (Å²) in [6.45, 7) is 4.56. The van der Waals surface area contributed by atoms with Crippen molar-refractivity contribution in [1.82, 2.24) is 15.2 Å². The average molecular weight is 304 g/mol. The molecule has 108 valence electrons. The first kappa shape index (κ1) is 16.7. The average Bonchev–Trinajstić information content (AvgIpc) is 3.22. The SMILES string of the molecule is Cl.Cl.c1ccc([C@@H](CC2CC2)N2CCNCC2)nc1. The van der Waals surface area contributed by atoms with Gasteiger partial charge in [0.2, 0.25) is 0 Å². The predicted molar refractivity (Wildman–Crippen MR) is 83.3 cm³/mol. The Hall–Kier alpha value is -0.350. The van der Waals surface area contributed by atoms with Crippen molar-refractivity contribution in [3.05, 3.63) is 30.1 Å². The normalized spacial score (nSPS) is 21.1. The van der Waals surface area contributed by atoms with Gasteiger partial charge in [0.1, 0.15) is 0 Å². The zero-order valence-corrected chi connectivity index (χ0v) is 12.8. The summed E-state index contributed by atoms with van der Waals surface area (Å²) in [5.74, 6) is 0.955. The van der Waals surface area contributed by atoms with Gasteiger partial charge < -0.3 is 5.32 Å². The van der Waals surface area contributed by atoms with Crippen molar-refractivity contribution in [2.24, 2.45) is 5.92 Å². The lowest BCUT2D eigenvalue weighted by Crippen LogP contribution is -2.45. The van der Waals surface area contributed by atoms with Gasteiger partial charge in [-0.25, -0.2) is 0 Å². The van der Waals surface area contributed by atoms with Gasteiger partial charge in [0, 0.05) is 32.4 Å². The molecule has 2 aliphatic rings. The Labute approximate surface area is 128 Å². The zero-order chi connectivity index (χ0) is 11.5. The molecular weight excluding hydrogens is 281 g/mol. The number of hydrogen-bond donors (Lipinski definition) is 1. The van der Waals surface area contributed by atoms with E-state index >= 15 is 0 Å². The summed E-state index contributed by atoms with van der Waals surface area (Å²) < 4.78 is 0. The number of nitrogens with one attached hydrogen (secondary N) is 1. The van der Waals surface area contributed by atoms with Crippen LogP contribution in [0.2, 0.25) is 0 Å². The molecule has 1 N–H and O–H groups in total. The van der Waals surface area contributed by atoms with Crippen molar-refractivity contribution in [2.45, 2.75) is 25.3 Å². The second kappa shape index (κ2) is 8.05. The van der Waals surface area contributed by atoms with E-state index in [1.165, 1.54) is 25.0 Å². The van der Waals surface area contributed by atoms with E-state index in [2.05, 4.69) is 27.3 Å². The second-order valence-electron chi connectivity index (χ2n) is 5.24. The van der Waals surface area contributed by atoms with Crippen LogP contribution in [-0.2, 0) is 0 Å². The molecule has 3 rings (SSSR count). The molecule has 1 aliphatic carbocycles. The Bertz CT molecular complexity index is 351. The molecule has 0 bridgehead atoms. The van der Waals surface area contributed by atoms with Crippen LogP contribution in [0.25, 0.3) is 0 Å². The molecule has 2 heterocycles. The van der Waals surface area contributed by atoms with E-state index in [-0.39, 0.29) is 24.8 Å². The van der Waals surface area contributed by atoms with Gasteiger partial charge in [0.05, 0.1) is 11.7 Å². The highest BCUT2D eigenvalue weighted by atomic mass is 35.5. The molecule has 0 amide bonds. The summed E-state index contributed by atoms with van der Waals surface area (Å²) >= 11 is 0.